The Balaban J connectivity index is 1.28. The molecule has 0 bridgehead atoms. The number of benzene rings is 1. The van der Waals surface area contributed by atoms with Crippen molar-refractivity contribution in [3.8, 4) is 11.5 Å². The smallest absolute Gasteiger partial charge is 0.223 e. The average Bonchev–Trinajstić information content (AvgIpc) is 3.28. The van der Waals surface area contributed by atoms with Gasteiger partial charge in [0.25, 0.3) is 0 Å². The van der Waals surface area contributed by atoms with E-state index >= 15 is 0 Å². The number of carbonyl (C=O) groups excluding carboxylic acids is 1. The SMILES string of the molecule is O=C(NCc1ccc(F)cc1)C1CCN(c2ccc(-c3ccco3)nn2)CC1. The molecule has 1 N–H and O–H groups in total. The van der Waals surface area contributed by atoms with Crippen molar-refractivity contribution in [1.29, 1.82) is 0 Å². The molecule has 4 rings (SSSR count). The number of halogens is 1. The van der Waals surface area contributed by atoms with Gasteiger partial charge in [0.2, 0.25) is 5.91 Å². The highest BCUT2D eigenvalue weighted by molar-refractivity contribution is 5.79. The van der Waals surface area contributed by atoms with Crippen LogP contribution in [0.25, 0.3) is 11.5 Å². The van der Waals surface area contributed by atoms with Crippen LogP contribution in [0, 0.1) is 11.7 Å². The Morgan fingerprint density at radius 3 is 2.54 bits per heavy atom. The molecular formula is C21H21FN4O2. The minimum absolute atomic E-state index is 0.0213. The highest BCUT2D eigenvalue weighted by atomic mass is 19.1. The Labute approximate surface area is 162 Å². The van der Waals surface area contributed by atoms with Gasteiger partial charge in [0.15, 0.2) is 11.6 Å². The Morgan fingerprint density at radius 1 is 1.11 bits per heavy atom. The first-order valence-corrected chi connectivity index (χ1v) is 9.34. The van der Waals surface area contributed by atoms with E-state index in [0.717, 1.165) is 37.3 Å². The highest BCUT2D eigenvalue weighted by Crippen LogP contribution is 2.23. The van der Waals surface area contributed by atoms with Gasteiger partial charge in [0, 0.05) is 25.6 Å². The summed E-state index contributed by atoms with van der Waals surface area (Å²) in [5.41, 5.74) is 1.59. The number of piperidine rings is 1. The molecule has 7 heteroatoms. The molecule has 1 saturated heterocycles. The van der Waals surface area contributed by atoms with Crippen LogP contribution < -0.4 is 10.2 Å². The maximum Gasteiger partial charge on any atom is 0.223 e. The quantitative estimate of drug-likeness (QED) is 0.734. The summed E-state index contributed by atoms with van der Waals surface area (Å²) in [5.74, 6) is 1.24. The first-order valence-electron chi connectivity index (χ1n) is 9.34. The van der Waals surface area contributed by atoms with Gasteiger partial charge < -0.3 is 14.6 Å². The number of rotatable bonds is 5. The second-order valence-corrected chi connectivity index (χ2v) is 6.86. The summed E-state index contributed by atoms with van der Waals surface area (Å²) in [5, 5.41) is 11.5. The van der Waals surface area contributed by atoms with Gasteiger partial charge in [-0.05, 0) is 54.8 Å². The molecular weight excluding hydrogens is 359 g/mol. The Morgan fingerprint density at radius 2 is 1.89 bits per heavy atom. The van der Waals surface area contributed by atoms with Gasteiger partial charge >= 0.3 is 0 Å². The molecule has 0 radical (unpaired) electrons. The van der Waals surface area contributed by atoms with Crippen LogP contribution in [0.15, 0.2) is 59.2 Å². The Bertz CT molecular complexity index is 903. The van der Waals surface area contributed by atoms with E-state index < -0.39 is 0 Å². The molecule has 0 aliphatic carbocycles. The van der Waals surface area contributed by atoms with Crippen LogP contribution in [0.4, 0.5) is 10.2 Å². The van der Waals surface area contributed by atoms with Gasteiger partial charge in [0.1, 0.15) is 11.5 Å². The third-order valence-corrected chi connectivity index (χ3v) is 4.99. The van der Waals surface area contributed by atoms with Gasteiger partial charge in [-0.25, -0.2) is 4.39 Å². The molecule has 1 aliphatic heterocycles. The number of nitrogens with zero attached hydrogens (tertiary/aromatic N) is 3. The second-order valence-electron chi connectivity index (χ2n) is 6.86. The molecule has 1 aromatic carbocycles. The van der Waals surface area contributed by atoms with Crippen molar-refractivity contribution in [1.82, 2.24) is 15.5 Å². The second kappa shape index (κ2) is 8.21. The Hall–Kier alpha value is -3.22. The average molecular weight is 380 g/mol. The standard InChI is InChI=1S/C21H21FN4O2/c22-17-5-3-15(4-6-17)14-23-21(27)16-9-11-26(12-10-16)20-8-7-18(24-25-20)19-2-1-13-28-19/h1-8,13,16H,9-12,14H2,(H,23,27). The zero-order valence-corrected chi connectivity index (χ0v) is 15.3. The first-order chi connectivity index (χ1) is 13.7. The van der Waals surface area contributed by atoms with Gasteiger partial charge in [-0.3, -0.25) is 4.79 Å². The number of aromatic nitrogens is 2. The summed E-state index contributed by atoms with van der Waals surface area (Å²) in [7, 11) is 0. The molecule has 0 atom stereocenters. The number of hydrogen-bond acceptors (Lipinski definition) is 5. The van der Waals surface area contributed by atoms with Crippen LogP contribution >= 0.6 is 0 Å². The lowest BCUT2D eigenvalue weighted by molar-refractivity contribution is -0.125. The molecule has 0 saturated carbocycles. The van der Waals surface area contributed by atoms with Crippen molar-refractivity contribution in [2.75, 3.05) is 18.0 Å². The van der Waals surface area contributed by atoms with Crippen molar-refractivity contribution >= 4 is 11.7 Å². The molecule has 2 aromatic heterocycles. The lowest BCUT2D eigenvalue weighted by Gasteiger charge is -2.31. The third kappa shape index (κ3) is 4.19. The summed E-state index contributed by atoms with van der Waals surface area (Å²) in [6, 6.07) is 13.7. The fourth-order valence-electron chi connectivity index (χ4n) is 3.36. The molecule has 1 amide bonds. The largest absolute Gasteiger partial charge is 0.463 e. The van der Waals surface area contributed by atoms with Crippen LogP contribution in [-0.4, -0.2) is 29.2 Å². The maximum atomic E-state index is 12.9. The van der Waals surface area contributed by atoms with Crippen LogP contribution in [-0.2, 0) is 11.3 Å². The monoisotopic (exact) mass is 380 g/mol. The van der Waals surface area contributed by atoms with Crippen LogP contribution in [0.1, 0.15) is 18.4 Å². The van der Waals surface area contributed by atoms with Crippen molar-refractivity contribution in [3.05, 3.63) is 66.2 Å². The highest BCUT2D eigenvalue weighted by Gasteiger charge is 2.25. The van der Waals surface area contributed by atoms with Crippen molar-refractivity contribution < 1.29 is 13.6 Å². The summed E-state index contributed by atoms with van der Waals surface area (Å²) in [4.78, 5) is 14.6. The minimum atomic E-state index is -0.275. The molecule has 0 spiro atoms. The molecule has 1 aliphatic rings. The fourth-order valence-corrected chi connectivity index (χ4v) is 3.36. The van der Waals surface area contributed by atoms with E-state index in [-0.39, 0.29) is 17.6 Å². The number of amides is 1. The normalized spacial score (nSPS) is 14.8. The number of anilines is 1. The number of nitrogens with one attached hydrogen (secondary N) is 1. The van der Waals surface area contributed by atoms with E-state index in [0.29, 0.717) is 18.0 Å². The molecule has 28 heavy (non-hydrogen) atoms. The van der Waals surface area contributed by atoms with E-state index in [1.54, 1.807) is 18.4 Å². The zero-order chi connectivity index (χ0) is 19.3. The molecule has 0 unspecified atom stereocenters. The first kappa shape index (κ1) is 18.2. The zero-order valence-electron chi connectivity index (χ0n) is 15.3. The van der Waals surface area contributed by atoms with Crippen molar-refractivity contribution in [2.24, 2.45) is 5.92 Å². The van der Waals surface area contributed by atoms with Gasteiger partial charge in [0.05, 0.1) is 6.26 Å². The van der Waals surface area contributed by atoms with Crippen LogP contribution in [0.3, 0.4) is 0 Å². The summed E-state index contributed by atoms with van der Waals surface area (Å²) >= 11 is 0. The maximum absolute atomic E-state index is 12.9. The lowest BCUT2D eigenvalue weighted by atomic mass is 9.96. The van der Waals surface area contributed by atoms with Gasteiger partial charge in [-0.1, -0.05) is 12.1 Å². The molecule has 3 aromatic rings. The van der Waals surface area contributed by atoms with Gasteiger partial charge in [-0.15, -0.1) is 10.2 Å². The van der Waals surface area contributed by atoms with Crippen molar-refractivity contribution in [3.63, 3.8) is 0 Å². The molecule has 1 fully saturated rings. The summed E-state index contributed by atoms with van der Waals surface area (Å²) in [6.45, 7) is 1.92. The van der Waals surface area contributed by atoms with E-state index in [4.69, 9.17) is 4.42 Å². The predicted molar refractivity (Wildman–Crippen MR) is 103 cm³/mol. The lowest BCUT2D eigenvalue weighted by Crippen LogP contribution is -2.40. The fraction of sp³-hybridized carbons (Fsp3) is 0.286. The van der Waals surface area contributed by atoms with Crippen LogP contribution in [0.5, 0.6) is 0 Å². The Kier molecular flexibility index (Phi) is 5.32. The topological polar surface area (TPSA) is 71.3 Å². The predicted octanol–water partition coefficient (Wildman–Crippen LogP) is 3.41. The molecule has 3 heterocycles. The van der Waals surface area contributed by atoms with Crippen LogP contribution in [0.2, 0.25) is 0 Å². The van der Waals surface area contributed by atoms with E-state index in [2.05, 4.69) is 20.4 Å². The summed E-state index contributed by atoms with van der Waals surface area (Å²) in [6.07, 6.45) is 3.13. The molecule has 6 nitrogen and oxygen atoms in total. The summed E-state index contributed by atoms with van der Waals surface area (Å²) < 4.78 is 18.3. The number of carbonyl (C=O) groups is 1. The van der Waals surface area contributed by atoms with E-state index in [1.807, 2.05) is 24.3 Å². The number of hydrogen-bond donors (Lipinski definition) is 1. The third-order valence-electron chi connectivity index (χ3n) is 4.99. The van der Waals surface area contributed by atoms with Gasteiger partial charge in [-0.2, -0.15) is 0 Å². The van der Waals surface area contributed by atoms with Crippen molar-refractivity contribution in [2.45, 2.75) is 19.4 Å². The minimum Gasteiger partial charge on any atom is -0.463 e. The molecule has 144 valence electrons. The van der Waals surface area contributed by atoms with E-state index in [1.165, 1.54) is 12.1 Å². The number of furan rings is 1. The van der Waals surface area contributed by atoms with E-state index in [9.17, 15) is 9.18 Å².